The predicted molar refractivity (Wildman–Crippen MR) is 85.7 cm³/mol. The Morgan fingerprint density at radius 2 is 2.27 bits per heavy atom. The van der Waals surface area contributed by atoms with Crippen molar-refractivity contribution in [2.45, 2.75) is 45.9 Å². The molecule has 0 N–H and O–H groups in total. The standard InChI is InChI=1S/C16H23N3O2S/c1-11(2)6-15-17-16(21-18-15)9-19-7-12(3)20-14(8-19)13-4-5-22-10-13/h4-5,10-12,14H,6-9H2,1-3H3. The Morgan fingerprint density at radius 1 is 1.41 bits per heavy atom. The highest BCUT2D eigenvalue weighted by atomic mass is 32.1. The molecule has 1 aliphatic rings. The van der Waals surface area contributed by atoms with Gasteiger partial charge in [-0.25, -0.2) is 0 Å². The van der Waals surface area contributed by atoms with Gasteiger partial charge in [0.1, 0.15) is 0 Å². The molecule has 0 saturated carbocycles. The second kappa shape index (κ2) is 6.89. The molecule has 0 radical (unpaired) electrons. The van der Waals surface area contributed by atoms with Crippen LogP contribution < -0.4 is 0 Å². The molecule has 22 heavy (non-hydrogen) atoms. The molecule has 5 nitrogen and oxygen atoms in total. The van der Waals surface area contributed by atoms with Crippen LogP contribution in [-0.4, -0.2) is 34.2 Å². The lowest BCUT2D eigenvalue weighted by Gasteiger charge is -2.35. The molecule has 0 aromatic carbocycles. The molecule has 2 aromatic rings. The highest BCUT2D eigenvalue weighted by molar-refractivity contribution is 7.07. The molecule has 2 atom stereocenters. The van der Waals surface area contributed by atoms with E-state index < -0.39 is 0 Å². The summed E-state index contributed by atoms with van der Waals surface area (Å²) in [6, 6.07) is 2.14. The van der Waals surface area contributed by atoms with Gasteiger partial charge in [-0.3, -0.25) is 4.90 Å². The van der Waals surface area contributed by atoms with E-state index in [9.17, 15) is 0 Å². The molecule has 2 unspecified atom stereocenters. The van der Waals surface area contributed by atoms with Crippen LogP contribution in [0.15, 0.2) is 21.3 Å². The Balaban J connectivity index is 1.63. The largest absolute Gasteiger partial charge is 0.368 e. The van der Waals surface area contributed by atoms with Crippen LogP contribution in [0.4, 0.5) is 0 Å². The summed E-state index contributed by atoms with van der Waals surface area (Å²) in [4.78, 5) is 6.84. The number of thiophene rings is 1. The van der Waals surface area contributed by atoms with Crippen molar-refractivity contribution >= 4 is 11.3 Å². The third-order valence-corrected chi connectivity index (χ3v) is 4.41. The van der Waals surface area contributed by atoms with E-state index in [-0.39, 0.29) is 12.2 Å². The molecule has 6 heteroatoms. The first-order chi connectivity index (χ1) is 10.6. The zero-order valence-corrected chi connectivity index (χ0v) is 14.2. The summed E-state index contributed by atoms with van der Waals surface area (Å²) in [6.07, 6.45) is 1.20. The summed E-state index contributed by atoms with van der Waals surface area (Å²) in [5.74, 6) is 2.05. The van der Waals surface area contributed by atoms with Gasteiger partial charge in [-0.1, -0.05) is 19.0 Å². The van der Waals surface area contributed by atoms with Crippen molar-refractivity contribution in [1.29, 1.82) is 0 Å². The van der Waals surface area contributed by atoms with E-state index in [0.717, 1.165) is 25.3 Å². The summed E-state index contributed by atoms with van der Waals surface area (Å²) in [6.45, 7) is 8.88. The van der Waals surface area contributed by atoms with Gasteiger partial charge in [0, 0.05) is 19.5 Å². The fraction of sp³-hybridized carbons (Fsp3) is 0.625. The van der Waals surface area contributed by atoms with Gasteiger partial charge in [0.25, 0.3) is 0 Å². The Kier molecular flexibility index (Phi) is 4.90. The Bertz CT molecular complexity index is 582. The summed E-state index contributed by atoms with van der Waals surface area (Å²) in [5.41, 5.74) is 1.26. The van der Waals surface area contributed by atoms with E-state index in [2.05, 4.69) is 52.6 Å². The zero-order chi connectivity index (χ0) is 15.5. The number of hydrogen-bond donors (Lipinski definition) is 0. The normalized spacial score (nSPS) is 23.3. The molecule has 3 rings (SSSR count). The molecule has 1 saturated heterocycles. The van der Waals surface area contributed by atoms with Crippen LogP contribution in [0.25, 0.3) is 0 Å². The van der Waals surface area contributed by atoms with Crippen LogP contribution in [-0.2, 0) is 17.7 Å². The maximum absolute atomic E-state index is 6.05. The first-order valence-corrected chi connectivity index (χ1v) is 8.76. The van der Waals surface area contributed by atoms with E-state index in [1.807, 2.05) is 0 Å². The molecule has 3 heterocycles. The molecule has 1 aliphatic heterocycles. The quantitative estimate of drug-likeness (QED) is 0.846. The molecule has 2 aromatic heterocycles. The number of morpholine rings is 1. The SMILES string of the molecule is CC(C)Cc1noc(CN2CC(C)OC(c3ccsc3)C2)n1. The van der Waals surface area contributed by atoms with E-state index in [0.29, 0.717) is 18.4 Å². The van der Waals surface area contributed by atoms with Gasteiger partial charge in [0.15, 0.2) is 5.82 Å². The predicted octanol–water partition coefficient (Wildman–Crippen LogP) is 3.29. The van der Waals surface area contributed by atoms with Crippen molar-refractivity contribution in [3.05, 3.63) is 34.1 Å². The van der Waals surface area contributed by atoms with Crippen LogP contribution in [0, 0.1) is 5.92 Å². The zero-order valence-electron chi connectivity index (χ0n) is 13.4. The third kappa shape index (κ3) is 3.94. The third-order valence-electron chi connectivity index (χ3n) is 3.71. The van der Waals surface area contributed by atoms with Crippen molar-refractivity contribution in [2.24, 2.45) is 5.92 Å². The van der Waals surface area contributed by atoms with Crippen LogP contribution in [0.3, 0.4) is 0 Å². The fourth-order valence-electron chi connectivity index (χ4n) is 2.80. The molecule has 0 aliphatic carbocycles. The van der Waals surface area contributed by atoms with Gasteiger partial charge < -0.3 is 9.26 Å². The second-order valence-electron chi connectivity index (χ2n) is 6.39. The summed E-state index contributed by atoms with van der Waals surface area (Å²) in [7, 11) is 0. The molecule has 0 spiro atoms. The topological polar surface area (TPSA) is 51.4 Å². The highest BCUT2D eigenvalue weighted by Gasteiger charge is 2.27. The highest BCUT2D eigenvalue weighted by Crippen LogP contribution is 2.27. The first-order valence-electron chi connectivity index (χ1n) is 7.81. The number of rotatable bonds is 5. The monoisotopic (exact) mass is 321 g/mol. The Morgan fingerprint density at radius 3 is 3.00 bits per heavy atom. The first kappa shape index (κ1) is 15.6. The molecule has 0 amide bonds. The summed E-state index contributed by atoms with van der Waals surface area (Å²) in [5, 5.41) is 8.32. The average Bonchev–Trinajstić information content (AvgIpc) is 3.09. The maximum atomic E-state index is 6.05. The lowest BCUT2D eigenvalue weighted by atomic mass is 10.1. The number of nitrogens with zero attached hydrogens (tertiary/aromatic N) is 3. The van der Waals surface area contributed by atoms with Crippen LogP contribution in [0.5, 0.6) is 0 Å². The van der Waals surface area contributed by atoms with Gasteiger partial charge in [-0.05, 0) is 35.2 Å². The van der Waals surface area contributed by atoms with Crippen LogP contribution >= 0.6 is 11.3 Å². The van der Waals surface area contributed by atoms with E-state index in [1.165, 1.54) is 5.56 Å². The van der Waals surface area contributed by atoms with Gasteiger partial charge in [0.05, 0.1) is 18.8 Å². The number of ether oxygens (including phenoxy) is 1. The van der Waals surface area contributed by atoms with Crippen LogP contribution in [0.2, 0.25) is 0 Å². The van der Waals surface area contributed by atoms with Crippen molar-refractivity contribution in [2.75, 3.05) is 13.1 Å². The minimum Gasteiger partial charge on any atom is -0.368 e. The maximum Gasteiger partial charge on any atom is 0.240 e. The van der Waals surface area contributed by atoms with Gasteiger partial charge >= 0.3 is 0 Å². The molecule has 120 valence electrons. The van der Waals surface area contributed by atoms with E-state index in [1.54, 1.807) is 11.3 Å². The molecular formula is C16H23N3O2S. The van der Waals surface area contributed by atoms with Crippen molar-refractivity contribution in [3.63, 3.8) is 0 Å². The van der Waals surface area contributed by atoms with E-state index >= 15 is 0 Å². The van der Waals surface area contributed by atoms with E-state index in [4.69, 9.17) is 9.26 Å². The molecular weight excluding hydrogens is 298 g/mol. The number of hydrogen-bond acceptors (Lipinski definition) is 6. The van der Waals surface area contributed by atoms with Gasteiger partial charge in [-0.2, -0.15) is 16.3 Å². The van der Waals surface area contributed by atoms with Crippen LogP contribution in [0.1, 0.15) is 44.2 Å². The smallest absolute Gasteiger partial charge is 0.240 e. The number of aromatic nitrogens is 2. The van der Waals surface area contributed by atoms with Crippen molar-refractivity contribution < 1.29 is 9.26 Å². The summed E-state index contributed by atoms with van der Waals surface area (Å²) < 4.78 is 11.4. The Hall–Kier alpha value is -1.24. The minimum atomic E-state index is 0.132. The molecule has 1 fully saturated rings. The Labute approximate surface area is 135 Å². The van der Waals surface area contributed by atoms with Crippen molar-refractivity contribution in [3.8, 4) is 0 Å². The minimum absolute atomic E-state index is 0.132. The average molecular weight is 321 g/mol. The van der Waals surface area contributed by atoms with Gasteiger partial charge in [-0.15, -0.1) is 0 Å². The summed E-state index contributed by atoms with van der Waals surface area (Å²) >= 11 is 1.71. The lowest BCUT2D eigenvalue weighted by molar-refractivity contribution is -0.0831. The lowest BCUT2D eigenvalue weighted by Crippen LogP contribution is -2.42. The second-order valence-corrected chi connectivity index (χ2v) is 7.17. The van der Waals surface area contributed by atoms with Crippen molar-refractivity contribution in [1.82, 2.24) is 15.0 Å². The molecule has 0 bridgehead atoms. The fourth-order valence-corrected chi connectivity index (χ4v) is 3.51. The van der Waals surface area contributed by atoms with Gasteiger partial charge in [0.2, 0.25) is 5.89 Å².